The highest BCUT2D eigenvalue weighted by Crippen LogP contribution is 2.22. The molecule has 0 spiro atoms. The number of benzene rings is 1. The van der Waals surface area contributed by atoms with Crippen LogP contribution in [0.2, 0.25) is 0 Å². The Balaban J connectivity index is 2.01. The van der Waals surface area contributed by atoms with Crippen molar-refractivity contribution in [2.75, 3.05) is 11.9 Å². The summed E-state index contributed by atoms with van der Waals surface area (Å²) < 4.78 is 0. The van der Waals surface area contributed by atoms with Crippen molar-refractivity contribution in [3.8, 4) is 0 Å². The Hall–Kier alpha value is -1.39. The predicted molar refractivity (Wildman–Crippen MR) is 82.5 cm³/mol. The molecule has 3 N–H and O–H groups in total. The molecular weight excluding hydrogens is 250 g/mol. The van der Waals surface area contributed by atoms with Crippen molar-refractivity contribution in [1.82, 2.24) is 4.90 Å². The van der Waals surface area contributed by atoms with Crippen LogP contribution in [0, 0.1) is 0 Å². The van der Waals surface area contributed by atoms with Crippen molar-refractivity contribution in [2.24, 2.45) is 5.73 Å². The van der Waals surface area contributed by atoms with Gasteiger partial charge < -0.3 is 11.1 Å². The Kier molecular flexibility index (Phi) is 5.15. The zero-order valence-corrected chi connectivity index (χ0v) is 12.4. The Bertz CT molecular complexity index is 433. The molecule has 1 saturated heterocycles. The molecule has 1 aromatic carbocycles. The number of hydrogen-bond acceptors (Lipinski definition) is 3. The molecule has 1 fully saturated rings. The summed E-state index contributed by atoms with van der Waals surface area (Å²) in [6, 6.07) is 9.86. The molecule has 3 atom stereocenters. The largest absolute Gasteiger partial charge is 0.327 e. The van der Waals surface area contributed by atoms with E-state index < -0.39 is 0 Å². The van der Waals surface area contributed by atoms with E-state index in [4.69, 9.17) is 5.73 Å². The van der Waals surface area contributed by atoms with E-state index in [1.54, 1.807) is 0 Å². The van der Waals surface area contributed by atoms with E-state index in [-0.39, 0.29) is 18.0 Å². The Labute approximate surface area is 121 Å². The van der Waals surface area contributed by atoms with Gasteiger partial charge in [0.15, 0.2) is 0 Å². The van der Waals surface area contributed by atoms with Gasteiger partial charge in [0.1, 0.15) is 0 Å². The van der Waals surface area contributed by atoms with E-state index in [1.165, 1.54) is 6.42 Å². The average Bonchev–Trinajstić information content (AvgIpc) is 2.47. The summed E-state index contributed by atoms with van der Waals surface area (Å²) in [6.07, 6.45) is 3.43. The number of likely N-dealkylation sites (tertiary alicyclic amines) is 1. The number of anilines is 1. The summed E-state index contributed by atoms with van der Waals surface area (Å²) in [4.78, 5) is 14.6. The van der Waals surface area contributed by atoms with Crippen LogP contribution in [-0.4, -0.2) is 35.5 Å². The molecule has 0 bridgehead atoms. The van der Waals surface area contributed by atoms with Gasteiger partial charge in [-0.05, 0) is 45.4 Å². The van der Waals surface area contributed by atoms with Crippen molar-refractivity contribution < 1.29 is 4.79 Å². The Morgan fingerprint density at radius 1 is 1.30 bits per heavy atom. The molecule has 4 nitrogen and oxygen atoms in total. The number of nitrogens with zero attached hydrogens (tertiary/aromatic N) is 1. The zero-order valence-electron chi connectivity index (χ0n) is 12.4. The van der Waals surface area contributed by atoms with Gasteiger partial charge in [0.2, 0.25) is 5.91 Å². The SMILES string of the molecule is CC(N)C1CCCCN1C(C)C(=O)Nc1ccccc1. The summed E-state index contributed by atoms with van der Waals surface area (Å²) in [5, 5.41) is 2.98. The highest BCUT2D eigenvalue weighted by atomic mass is 16.2. The zero-order chi connectivity index (χ0) is 14.5. The molecule has 1 aliphatic heterocycles. The van der Waals surface area contributed by atoms with Crippen LogP contribution in [0.25, 0.3) is 0 Å². The third-order valence-electron chi connectivity index (χ3n) is 4.12. The van der Waals surface area contributed by atoms with Gasteiger partial charge in [0.05, 0.1) is 6.04 Å². The molecule has 0 aliphatic carbocycles. The third kappa shape index (κ3) is 3.58. The molecule has 1 aliphatic rings. The summed E-state index contributed by atoms with van der Waals surface area (Å²) in [6.45, 7) is 4.96. The lowest BCUT2D eigenvalue weighted by atomic mass is 9.95. The van der Waals surface area contributed by atoms with Gasteiger partial charge in [-0.2, -0.15) is 0 Å². The van der Waals surface area contributed by atoms with Gasteiger partial charge in [-0.15, -0.1) is 0 Å². The molecule has 20 heavy (non-hydrogen) atoms. The van der Waals surface area contributed by atoms with Gasteiger partial charge in [-0.3, -0.25) is 9.69 Å². The molecule has 110 valence electrons. The number of carbonyl (C=O) groups excluding carboxylic acids is 1. The number of para-hydroxylation sites is 1. The monoisotopic (exact) mass is 275 g/mol. The molecule has 2 rings (SSSR count). The highest BCUT2D eigenvalue weighted by Gasteiger charge is 2.32. The maximum absolute atomic E-state index is 12.4. The van der Waals surface area contributed by atoms with E-state index in [2.05, 4.69) is 10.2 Å². The van der Waals surface area contributed by atoms with Crippen molar-refractivity contribution in [3.05, 3.63) is 30.3 Å². The van der Waals surface area contributed by atoms with Crippen LogP contribution in [-0.2, 0) is 4.79 Å². The number of nitrogens with one attached hydrogen (secondary N) is 1. The van der Waals surface area contributed by atoms with Crippen molar-refractivity contribution in [3.63, 3.8) is 0 Å². The fourth-order valence-electron chi connectivity index (χ4n) is 2.94. The lowest BCUT2D eigenvalue weighted by Crippen LogP contribution is -2.55. The second-order valence-electron chi connectivity index (χ2n) is 5.69. The second-order valence-corrected chi connectivity index (χ2v) is 5.69. The van der Waals surface area contributed by atoms with Crippen molar-refractivity contribution in [2.45, 2.75) is 51.2 Å². The molecule has 1 heterocycles. The van der Waals surface area contributed by atoms with Crippen LogP contribution in [0.3, 0.4) is 0 Å². The van der Waals surface area contributed by atoms with Gasteiger partial charge in [0, 0.05) is 17.8 Å². The van der Waals surface area contributed by atoms with Gasteiger partial charge in [0.25, 0.3) is 0 Å². The lowest BCUT2D eigenvalue weighted by molar-refractivity contribution is -0.122. The first-order valence-corrected chi connectivity index (χ1v) is 7.47. The predicted octanol–water partition coefficient (Wildman–Crippen LogP) is 2.22. The van der Waals surface area contributed by atoms with E-state index in [0.717, 1.165) is 25.1 Å². The molecule has 0 aromatic heterocycles. The molecule has 4 heteroatoms. The first-order chi connectivity index (χ1) is 9.59. The minimum Gasteiger partial charge on any atom is -0.327 e. The van der Waals surface area contributed by atoms with Gasteiger partial charge in [-0.25, -0.2) is 0 Å². The average molecular weight is 275 g/mol. The summed E-state index contributed by atoms with van der Waals surface area (Å²) in [5.41, 5.74) is 6.92. The highest BCUT2D eigenvalue weighted by molar-refractivity contribution is 5.94. The van der Waals surface area contributed by atoms with E-state index in [9.17, 15) is 4.79 Å². The molecule has 0 radical (unpaired) electrons. The minimum absolute atomic E-state index is 0.0451. The van der Waals surface area contributed by atoms with Gasteiger partial charge in [-0.1, -0.05) is 24.6 Å². The molecule has 3 unspecified atom stereocenters. The summed E-state index contributed by atoms with van der Waals surface area (Å²) >= 11 is 0. The van der Waals surface area contributed by atoms with Crippen LogP contribution >= 0.6 is 0 Å². The number of hydrogen-bond donors (Lipinski definition) is 2. The smallest absolute Gasteiger partial charge is 0.241 e. The molecular formula is C16H25N3O. The molecule has 0 saturated carbocycles. The first-order valence-electron chi connectivity index (χ1n) is 7.47. The second kappa shape index (κ2) is 6.86. The quantitative estimate of drug-likeness (QED) is 0.886. The van der Waals surface area contributed by atoms with Crippen LogP contribution in [0.4, 0.5) is 5.69 Å². The first kappa shape index (κ1) is 15.0. The van der Waals surface area contributed by atoms with Crippen molar-refractivity contribution in [1.29, 1.82) is 0 Å². The Morgan fingerprint density at radius 2 is 2.00 bits per heavy atom. The fourth-order valence-corrected chi connectivity index (χ4v) is 2.94. The lowest BCUT2D eigenvalue weighted by Gasteiger charge is -2.41. The molecule has 1 amide bonds. The van der Waals surface area contributed by atoms with E-state index in [1.807, 2.05) is 44.2 Å². The Morgan fingerprint density at radius 3 is 2.65 bits per heavy atom. The fraction of sp³-hybridized carbons (Fsp3) is 0.562. The van der Waals surface area contributed by atoms with Crippen molar-refractivity contribution >= 4 is 11.6 Å². The van der Waals surface area contributed by atoms with E-state index in [0.29, 0.717) is 6.04 Å². The molecule has 1 aromatic rings. The van der Waals surface area contributed by atoms with E-state index >= 15 is 0 Å². The maximum Gasteiger partial charge on any atom is 0.241 e. The summed E-state index contributed by atoms with van der Waals surface area (Å²) in [5.74, 6) is 0.0451. The number of rotatable bonds is 4. The van der Waals surface area contributed by atoms with Crippen LogP contribution in [0.1, 0.15) is 33.1 Å². The standard InChI is InChI=1S/C16H25N3O/c1-12(17)15-10-6-7-11-19(15)13(2)16(20)18-14-8-4-3-5-9-14/h3-5,8-9,12-13,15H,6-7,10-11,17H2,1-2H3,(H,18,20). The number of nitrogens with two attached hydrogens (primary N) is 1. The number of carbonyl (C=O) groups is 1. The third-order valence-corrected chi connectivity index (χ3v) is 4.12. The number of piperidine rings is 1. The van der Waals surface area contributed by atoms with Crippen LogP contribution in [0.5, 0.6) is 0 Å². The number of amides is 1. The summed E-state index contributed by atoms with van der Waals surface area (Å²) in [7, 11) is 0. The maximum atomic E-state index is 12.4. The normalized spacial score (nSPS) is 23.1. The van der Waals surface area contributed by atoms with Gasteiger partial charge >= 0.3 is 0 Å². The minimum atomic E-state index is -0.147. The topological polar surface area (TPSA) is 58.4 Å². The van der Waals surface area contributed by atoms with Crippen LogP contribution < -0.4 is 11.1 Å². The van der Waals surface area contributed by atoms with Crippen LogP contribution in [0.15, 0.2) is 30.3 Å².